The van der Waals surface area contributed by atoms with Gasteiger partial charge in [0.15, 0.2) is 0 Å². The first-order valence-electron chi connectivity index (χ1n) is 10.1. The van der Waals surface area contributed by atoms with Gasteiger partial charge in [-0.2, -0.15) is 9.57 Å². The summed E-state index contributed by atoms with van der Waals surface area (Å²) in [5.74, 6) is 0. The van der Waals surface area contributed by atoms with Gasteiger partial charge in [0, 0.05) is 36.8 Å². The van der Waals surface area contributed by atoms with Gasteiger partial charge in [-0.3, -0.25) is 4.72 Å². The van der Waals surface area contributed by atoms with Gasteiger partial charge in [-0.25, -0.2) is 16.8 Å². The fraction of sp³-hybridized carbons (Fsp3) is 0.286. The Morgan fingerprint density at radius 1 is 1.03 bits per heavy atom. The number of rotatable bonds is 5. The van der Waals surface area contributed by atoms with Crippen LogP contribution >= 0.6 is 0 Å². The van der Waals surface area contributed by atoms with E-state index < -0.39 is 20.0 Å². The zero-order chi connectivity index (χ0) is 22.7. The first-order valence-corrected chi connectivity index (χ1v) is 13.0. The van der Waals surface area contributed by atoms with Crippen molar-refractivity contribution in [2.24, 2.45) is 0 Å². The topological polar surface area (TPSA) is 135 Å². The van der Waals surface area contributed by atoms with Crippen LogP contribution in [-0.2, 0) is 20.0 Å². The van der Waals surface area contributed by atoms with E-state index in [1.54, 1.807) is 12.1 Å². The zero-order valence-electron chi connectivity index (χ0n) is 17.2. The van der Waals surface area contributed by atoms with Crippen LogP contribution in [0.4, 0.5) is 5.69 Å². The lowest BCUT2D eigenvalue weighted by molar-refractivity contribution is 0.136. The van der Waals surface area contributed by atoms with Gasteiger partial charge in [0.1, 0.15) is 6.07 Å². The van der Waals surface area contributed by atoms with Crippen LogP contribution in [-0.4, -0.2) is 51.3 Å². The van der Waals surface area contributed by atoms with Crippen molar-refractivity contribution in [3.8, 4) is 6.07 Å². The number of anilines is 1. The average Bonchev–Trinajstić information content (AvgIpc) is 3.21. The van der Waals surface area contributed by atoms with Gasteiger partial charge in [-0.15, -0.1) is 0 Å². The Balaban J connectivity index is 1.42. The maximum Gasteiger partial charge on any atom is 0.261 e. The summed E-state index contributed by atoms with van der Waals surface area (Å²) >= 11 is 0. The molecule has 3 fully saturated rings. The lowest BCUT2D eigenvalue weighted by Gasteiger charge is -2.47. The number of sulfonamides is 2. The van der Waals surface area contributed by atoms with Gasteiger partial charge in [0.05, 0.1) is 26.6 Å². The number of nitrogens with one attached hydrogen (secondary N) is 3. The van der Waals surface area contributed by atoms with Crippen LogP contribution in [0.3, 0.4) is 0 Å². The minimum Gasteiger partial charge on any atom is -0.358 e. The van der Waals surface area contributed by atoms with E-state index in [0.29, 0.717) is 35.2 Å². The first-order chi connectivity index (χ1) is 15.2. The Labute approximate surface area is 186 Å². The number of aryl methyl sites for hydroxylation is 1. The highest BCUT2D eigenvalue weighted by molar-refractivity contribution is 7.92. The quantitative estimate of drug-likeness (QED) is 0.520. The monoisotopic (exact) mass is 471 g/mol. The van der Waals surface area contributed by atoms with Crippen LogP contribution in [0.25, 0.3) is 10.9 Å². The number of aromatic nitrogens is 1. The summed E-state index contributed by atoms with van der Waals surface area (Å²) in [4.78, 5) is 2.97. The minimum atomic E-state index is -3.98. The molecule has 0 spiro atoms. The third-order valence-electron chi connectivity index (χ3n) is 6.07. The van der Waals surface area contributed by atoms with Crippen LogP contribution in [0.15, 0.2) is 52.4 Å². The number of piperazine rings is 1. The standard InChI is InChI=1S/C21H21N5O4S2/c1-13-2-7-19(21-20(13)14(9-22)10-23-21)25-31(27,28)17-3-5-18(6-4-17)32(29,30)26-11-15-8-16(12-26)24-15/h2-7,10,15-16,23-25H,8,11-12H2,1H3/t15-,16?/m1/s1. The fourth-order valence-corrected chi connectivity index (χ4v) is 7.01. The van der Waals surface area contributed by atoms with E-state index in [1.807, 2.05) is 6.92 Å². The summed E-state index contributed by atoms with van der Waals surface area (Å²) in [6.45, 7) is 2.69. The third kappa shape index (κ3) is 3.36. The molecule has 3 aliphatic heterocycles. The number of fused-ring (bicyclic) bond motifs is 3. The molecule has 1 aromatic heterocycles. The summed E-state index contributed by atoms with van der Waals surface area (Å²) in [5, 5.41) is 13.2. The number of benzene rings is 2. The molecule has 3 aromatic rings. The number of piperidine rings is 1. The lowest BCUT2D eigenvalue weighted by Crippen LogP contribution is -2.67. The maximum absolute atomic E-state index is 13.0. The Morgan fingerprint density at radius 2 is 1.66 bits per heavy atom. The molecule has 3 N–H and O–H groups in total. The molecule has 6 rings (SSSR count). The first kappa shape index (κ1) is 21.0. The molecule has 2 bridgehead atoms. The second kappa shape index (κ2) is 7.31. The van der Waals surface area contributed by atoms with Crippen LogP contribution < -0.4 is 10.0 Å². The van der Waals surface area contributed by atoms with Crippen LogP contribution in [0.2, 0.25) is 0 Å². The van der Waals surface area contributed by atoms with Crippen molar-refractivity contribution in [3.63, 3.8) is 0 Å². The van der Waals surface area contributed by atoms with Crippen LogP contribution in [0, 0.1) is 18.3 Å². The van der Waals surface area contributed by atoms with Gasteiger partial charge in [-0.1, -0.05) is 6.07 Å². The largest absolute Gasteiger partial charge is 0.358 e. The molecule has 0 radical (unpaired) electrons. The van der Waals surface area contributed by atoms with Crippen molar-refractivity contribution in [3.05, 3.63) is 53.7 Å². The number of H-pyrrole nitrogens is 1. The second-order valence-corrected chi connectivity index (χ2v) is 11.8. The van der Waals surface area contributed by atoms with Crippen molar-refractivity contribution in [2.75, 3.05) is 17.8 Å². The minimum absolute atomic E-state index is 0.0552. The predicted octanol–water partition coefficient (Wildman–Crippen LogP) is 1.88. The van der Waals surface area contributed by atoms with Crippen LogP contribution in [0.1, 0.15) is 17.5 Å². The number of nitriles is 1. The average molecular weight is 472 g/mol. The molecular formula is C21H21N5O4S2. The zero-order valence-corrected chi connectivity index (χ0v) is 18.8. The molecule has 1 unspecified atom stereocenters. The highest BCUT2D eigenvalue weighted by Crippen LogP contribution is 2.31. The van der Waals surface area contributed by atoms with Gasteiger partial charge in [-0.05, 0) is 49.2 Å². The van der Waals surface area contributed by atoms with Gasteiger partial charge < -0.3 is 10.3 Å². The maximum atomic E-state index is 13.0. The second-order valence-electron chi connectivity index (χ2n) is 8.19. The molecule has 32 heavy (non-hydrogen) atoms. The van der Waals surface area contributed by atoms with E-state index in [0.717, 1.165) is 12.0 Å². The molecular weight excluding hydrogens is 450 g/mol. The van der Waals surface area contributed by atoms with Gasteiger partial charge in [0.25, 0.3) is 10.0 Å². The van der Waals surface area contributed by atoms with Gasteiger partial charge in [0.2, 0.25) is 10.0 Å². The predicted molar refractivity (Wildman–Crippen MR) is 119 cm³/mol. The SMILES string of the molecule is Cc1ccc(NS(=O)(=O)c2ccc(S(=O)(=O)N3CC4C[C@H](C3)N4)cc2)c2[nH]cc(C#N)c12. The summed E-state index contributed by atoms with van der Waals surface area (Å²) in [5.41, 5.74) is 2.10. The fourth-order valence-electron chi connectivity index (χ4n) is 4.41. The molecule has 166 valence electrons. The highest BCUT2D eigenvalue weighted by atomic mass is 32.2. The Bertz CT molecular complexity index is 1450. The van der Waals surface area contributed by atoms with E-state index in [2.05, 4.69) is 21.1 Å². The van der Waals surface area contributed by atoms with Gasteiger partial charge >= 0.3 is 0 Å². The molecule has 9 nitrogen and oxygen atoms in total. The summed E-state index contributed by atoms with van der Waals surface area (Å²) in [6.07, 6.45) is 2.52. The number of aromatic amines is 1. The lowest BCUT2D eigenvalue weighted by atomic mass is 9.93. The Hall–Kier alpha value is -2.91. The van der Waals surface area contributed by atoms with Crippen LogP contribution in [0.5, 0.6) is 0 Å². The Morgan fingerprint density at radius 3 is 2.28 bits per heavy atom. The number of hydrogen-bond acceptors (Lipinski definition) is 6. The number of nitrogens with zero attached hydrogens (tertiary/aromatic N) is 2. The molecule has 0 amide bonds. The van der Waals surface area contributed by atoms with Crippen molar-refractivity contribution in [2.45, 2.75) is 35.2 Å². The van der Waals surface area contributed by atoms with Crippen molar-refractivity contribution < 1.29 is 16.8 Å². The summed E-state index contributed by atoms with van der Waals surface area (Å²) in [6, 6.07) is 11.1. The van der Waals surface area contributed by atoms with Crippen molar-refractivity contribution >= 4 is 36.6 Å². The number of hydrogen-bond donors (Lipinski definition) is 3. The van der Waals surface area contributed by atoms with E-state index >= 15 is 0 Å². The molecule has 2 atom stereocenters. The smallest absolute Gasteiger partial charge is 0.261 e. The molecule has 11 heteroatoms. The molecule has 2 aromatic carbocycles. The highest BCUT2D eigenvalue weighted by Gasteiger charge is 2.41. The molecule has 3 saturated heterocycles. The third-order valence-corrected chi connectivity index (χ3v) is 9.30. The molecule has 4 heterocycles. The molecule has 0 aliphatic carbocycles. The van der Waals surface area contributed by atoms with E-state index in [4.69, 9.17) is 0 Å². The van der Waals surface area contributed by atoms with Crippen molar-refractivity contribution in [1.82, 2.24) is 14.6 Å². The van der Waals surface area contributed by atoms with E-state index in [-0.39, 0.29) is 21.9 Å². The molecule has 0 saturated carbocycles. The Kier molecular flexibility index (Phi) is 4.79. The van der Waals surface area contributed by atoms with Crippen molar-refractivity contribution in [1.29, 1.82) is 5.26 Å². The summed E-state index contributed by atoms with van der Waals surface area (Å²) in [7, 11) is -7.65. The van der Waals surface area contributed by atoms with E-state index in [1.165, 1.54) is 34.8 Å². The van der Waals surface area contributed by atoms with E-state index in [9.17, 15) is 22.1 Å². The summed E-state index contributed by atoms with van der Waals surface area (Å²) < 4.78 is 55.7. The molecule has 3 aliphatic rings. The normalized spacial score (nSPS) is 21.1.